The lowest BCUT2D eigenvalue weighted by Gasteiger charge is -1.85. The minimum Gasteiger partial charge on any atom is -0.417 e. The maximum absolute atomic E-state index is 4.80. The molecule has 0 spiro atoms. The van der Waals surface area contributed by atoms with E-state index in [-0.39, 0.29) is 0 Å². The van der Waals surface area contributed by atoms with Crippen LogP contribution >= 0.6 is 15.9 Å². The van der Waals surface area contributed by atoms with Gasteiger partial charge in [-0.2, -0.15) is 5.90 Å². The van der Waals surface area contributed by atoms with Crippen LogP contribution in [0.4, 0.5) is 0 Å². The molecule has 0 amide bonds. The zero-order valence-corrected chi connectivity index (χ0v) is 5.51. The molecule has 0 bridgehead atoms. The maximum atomic E-state index is 4.80. The molecule has 0 saturated heterocycles. The highest BCUT2D eigenvalue weighted by molar-refractivity contribution is 9.10. The fourth-order valence-electron chi connectivity index (χ4n) is 0.361. The topological polar surface area (TPSA) is 48.4 Å². The second-order valence-electron chi connectivity index (χ2n) is 1.18. The highest BCUT2D eigenvalue weighted by atomic mass is 79.9. The fraction of sp³-hybridized carbons (Fsp3) is 0. The van der Waals surface area contributed by atoms with Gasteiger partial charge in [-0.1, -0.05) is 0 Å². The molecule has 0 aliphatic rings. The van der Waals surface area contributed by atoms with Gasteiger partial charge in [0.05, 0.1) is 0 Å². The summed E-state index contributed by atoms with van der Waals surface area (Å²) in [6.07, 6.45) is 0. The fourth-order valence-corrected chi connectivity index (χ4v) is 0.653. The van der Waals surface area contributed by atoms with Gasteiger partial charge in [0.15, 0.2) is 4.67 Å². The first-order valence-electron chi connectivity index (χ1n) is 1.95. The second kappa shape index (κ2) is 2.19. The van der Waals surface area contributed by atoms with E-state index in [1.54, 1.807) is 12.1 Å². The monoisotopic (exact) mass is 177 g/mol. The lowest BCUT2D eigenvalue weighted by molar-refractivity contribution is 0.247. The Bertz CT molecular complexity index is 174. The molecular formula is C4H4BrNO2. The van der Waals surface area contributed by atoms with E-state index in [1.165, 1.54) is 0 Å². The van der Waals surface area contributed by atoms with E-state index in [1.807, 2.05) is 0 Å². The molecule has 0 fully saturated rings. The van der Waals surface area contributed by atoms with Crippen molar-refractivity contribution >= 4 is 15.9 Å². The first kappa shape index (κ1) is 5.65. The first-order chi connectivity index (χ1) is 3.83. The van der Waals surface area contributed by atoms with Gasteiger partial charge in [-0.05, 0) is 22.0 Å². The van der Waals surface area contributed by atoms with Gasteiger partial charge in [0.25, 0.3) is 0 Å². The zero-order valence-electron chi connectivity index (χ0n) is 3.93. The minimum atomic E-state index is 0.303. The summed E-state index contributed by atoms with van der Waals surface area (Å²) in [5.74, 6) is 5.05. The lowest BCUT2D eigenvalue weighted by Crippen LogP contribution is -1.99. The molecule has 0 saturated carbocycles. The van der Waals surface area contributed by atoms with E-state index in [2.05, 4.69) is 20.8 Å². The van der Waals surface area contributed by atoms with Crippen molar-refractivity contribution in [3.05, 3.63) is 16.8 Å². The molecule has 0 unspecified atom stereocenters. The van der Waals surface area contributed by atoms with Gasteiger partial charge < -0.3 is 9.25 Å². The van der Waals surface area contributed by atoms with Crippen LogP contribution < -0.4 is 10.7 Å². The van der Waals surface area contributed by atoms with Crippen molar-refractivity contribution in [1.29, 1.82) is 0 Å². The smallest absolute Gasteiger partial charge is 0.305 e. The van der Waals surface area contributed by atoms with Crippen molar-refractivity contribution < 1.29 is 9.25 Å². The van der Waals surface area contributed by atoms with E-state index < -0.39 is 0 Å². The van der Waals surface area contributed by atoms with Crippen LogP contribution in [-0.4, -0.2) is 0 Å². The summed E-state index contributed by atoms with van der Waals surface area (Å²) in [7, 11) is 0. The van der Waals surface area contributed by atoms with Gasteiger partial charge in [0.2, 0.25) is 0 Å². The van der Waals surface area contributed by atoms with Gasteiger partial charge in [0, 0.05) is 6.07 Å². The third-order valence-corrected chi connectivity index (χ3v) is 1.09. The Morgan fingerprint density at radius 1 is 1.62 bits per heavy atom. The van der Waals surface area contributed by atoms with Gasteiger partial charge >= 0.3 is 5.95 Å². The molecule has 0 atom stereocenters. The number of halogens is 1. The summed E-state index contributed by atoms with van der Waals surface area (Å²) < 4.78 is 5.41. The summed E-state index contributed by atoms with van der Waals surface area (Å²) in [4.78, 5) is 4.24. The number of furan rings is 1. The Labute approximate surface area is 54.5 Å². The maximum Gasteiger partial charge on any atom is 0.305 e. The predicted molar refractivity (Wildman–Crippen MR) is 31.2 cm³/mol. The molecule has 2 N–H and O–H groups in total. The number of nitrogens with two attached hydrogens (primary N) is 1. The molecule has 8 heavy (non-hydrogen) atoms. The zero-order chi connectivity index (χ0) is 5.98. The van der Waals surface area contributed by atoms with Crippen molar-refractivity contribution in [3.63, 3.8) is 0 Å². The Morgan fingerprint density at radius 2 is 2.38 bits per heavy atom. The van der Waals surface area contributed by atoms with Crippen LogP contribution in [0.15, 0.2) is 21.2 Å². The summed E-state index contributed by atoms with van der Waals surface area (Å²) >= 11 is 3.07. The van der Waals surface area contributed by atoms with Gasteiger partial charge in [0.1, 0.15) is 0 Å². The van der Waals surface area contributed by atoms with E-state index in [0.717, 1.165) is 0 Å². The molecule has 0 aliphatic heterocycles. The number of hydrogen-bond acceptors (Lipinski definition) is 3. The molecule has 1 aromatic heterocycles. The molecular weight excluding hydrogens is 174 g/mol. The molecule has 3 nitrogen and oxygen atoms in total. The Kier molecular flexibility index (Phi) is 1.55. The molecule has 1 aromatic rings. The molecule has 4 heteroatoms. The highest BCUT2D eigenvalue weighted by Crippen LogP contribution is 2.18. The van der Waals surface area contributed by atoms with Gasteiger partial charge in [-0.15, -0.1) is 0 Å². The molecule has 0 aliphatic carbocycles. The van der Waals surface area contributed by atoms with Crippen LogP contribution in [0.2, 0.25) is 0 Å². The lowest BCUT2D eigenvalue weighted by atomic mass is 10.7. The van der Waals surface area contributed by atoms with E-state index in [9.17, 15) is 0 Å². The van der Waals surface area contributed by atoms with Crippen LogP contribution in [0, 0.1) is 0 Å². The van der Waals surface area contributed by atoms with Crippen molar-refractivity contribution in [2.24, 2.45) is 5.90 Å². The van der Waals surface area contributed by atoms with Crippen LogP contribution in [0.25, 0.3) is 0 Å². The largest absolute Gasteiger partial charge is 0.417 e. The number of hydrogen-bond donors (Lipinski definition) is 1. The average Bonchev–Trinajstić information content (AvgIpc) is 2.14. The third-order valence-electron chi connectivity index (χ3n) is 0.665. The van der Waals surface area contributed by atoms with E-state index in [4.69, 9.17) is 10.3 Å². The first-order valence-corrected chi connectivity index (χ1v) is 2.74. The van der Waals surface area contributed by atoms with E-state index >= 15 is 0 Å². The van der Waals surface area contributed by atoms with Crippen molar-refractivity contribution in [3.8, 4) is 5.95 Å². The standard InChI is InChI=1S/C4H4BrNO2/c5-3-1-2-4(7-3)8-6/h1-2H,6H2. The average molecular weight is 178 g/mol. The van der Waals surface area contributed by atoms with Crippen LogP contribution in [-0.2, 0) is 0 Å². The summed E-state index contributed by atoms with van der Waals surface area (Å²) in [6.45, 7) is 0. The molecule has 0 aromatic carbocycles. The summed E-state index contributed by atoms with van der Waals surface area (Å²) in [6, 6.07) is 3.31. The normalized spacial score (nSPS) is 9.25. The van der Waals surface area contributed by atoms with Crippen molar-refractivity contribution in [2.75, 3.05) is 0 Å². The van der Waals surface area contributed by atoms with Crippen LogP contribution in [0.5, 0.6) is 5.95 Å². The van der Waals surface area contributed by atoms with Crippen LogP contribution in [0.1, 0.15) is 0 Å². The van der Waals surface area contributed by atoms with Gasteiger partial charge in [-0.3, -0.25) is 0 Å². The van der Waals surface area contributed by atoms with E-state index in [0.29, 0.717) is 10.6 Å². The molecule has 1 heterocycles. The summed E-state index contributed by atoms with van der Waals surface area (Å²) in [5.41, 5.74) is 0. The Balaban J connectivity index is 2.84. The Hall–Kier alpha value is -0.480. The molecule has 1 rings (SSSR count). The summed E-state index contributed by atoms with van der Waals surface area (Å²) in [5, 5.41) is 0. The molecule has 0 radical (unpaired) electrons. The quantitative estimate of drug-likeness (QED) is 0.659. The van der Waals surface area contributed by atoms with Gasteiger partial charge in [-0.25, -0.2) is 0 Å². The highest BCUT2D eigenvalue weighted by Gasteiger charge is 1.94. The van der Waals surface area contributed by atoms with Crippen molar-refractivity contribution in [2.45, 2.75) is 0 Å². The minimum absolute atomic E-state index is 0.303. The Morgan fingerprint density at radius 3 is 2.62 bits per heavy atom. The third kappa shape index (κ3) is 1.02. The SMILES string of the molecule is NOc1ccc(Br)o1. The van der Waals surface area contributed by atoms with Crippen LogP contribution in [0.3, 0.4) is 0 Å². The van der Waals surface area contributed by atoms with Crippen molar-refractivity contribution in [1.82, 2.24) is 0 Å². The molecule has 44 valence electrons. The predicted octanol–water partition coefficient (Wildman–Crippen LogP) is 1.29. The second-order valence-corrected chi connectivity index (χ2v) is 1.96. The number of rotatable bonds is 1.